The van der Waals surface area contributed by atoms with Crippen LogP contribution in [0.25, 0.3) is 0 Å². The molecule has 0 aromatic heterocycles. The van der Waals surface area contributed by atoms with Crippen LogP contribution in [0.3, 0.4) is 0 Å². The zero-order valence-corrected chi connectivity index (χ0v) is 17.5. The van der Waals surface area contributed by atoms with E-state index in [2.05, 4.69) is 10.6 Å². The first-order valence-electron chi connectivity index (χ1n) is 9.27. The summed E-state index contributed by atoms with van der Waals surface area (Å²) in [7, 11) is -3.45. The summed E-state index contributed by atoms with van der Waals surface area (Å²) in [4.78, 5) is 13.5. The van der Waals surface area contributed by atoms with Gasteiger partial charge in [0.05, 0.1) is 11.4 Å². The molecule has 0 spiro atoms. The molecule has 0 saturated carbocycles. The molecule has 2 N–H and O–H groups in total. The molecule has 0 bridgehead atoms. The van der Waals surface area contributed by atoms with Crippen molar-refractivity contribution in [3.05, 3.63) is 48.5 Å². The molecule has 1 aliphatic heterocycles. The summed E-state index contributed by atoms with van der Waals surface area (Å²) < 4.78 is 26.9. The lowest BCUT2D eigenvalue weighted by atomic mass is 10.2. The van der Waals surface area contributed by atoms with Gasteiger partial charge in [-0.3, -0.25) is 4.79 Å². The van der Waals surface area contributed by atoms with E-state index in [4.69, 9.17) is 0 Å². The van der Waals surface area contributed by atoms with E-state index in [1.54, 1.807) is 36.0 Å². The fourth-order valence-corrected chi connectivity index (χ4v) is 5.06. The van der Waals surface area contributed by atoms with Crippen LogP contribution in [0, 0.1) is 0 Å². The van der Waals surface area contributed by atoms with Crippen LogP contribution in [0.2, 0.25) is 0 Å². The molecule has 8 heteroatoms. The maximum absolute atomic E-state index is 12.7. The molecule has 2 aromatic carbocycles. The number of benzene rings is 2. The zero-order chi connectivity index (χ0) is 20.0. The summed E-state index contributed by atoms with van der Waals surface area (Å²) >= 11 is 1.64. The van der Waals surface area contributed by atoms with Crippen LogP contribution < -0.4 is 10.6 Å². The fourth-order valence-electron chi connectivity index (χ4n) is 3.09. The molecule has 1 heterocycles. The van der Waals surface area contributed by atoms with Crippen molar-refractivity contribution < 1.29 is 13.2 Å². The summed E-state index contributed by atoms with van der Waals surface area (Å²) in [6.07, 6.45) is 4.88. The lowest BCUT2D eigenvalue weighted by Gasteiger charge is -2.25. The monoisotopic (exact) mass is 419 g/mol. The lowest BCUT2D eigenvalue weighted by Crippen LogP contribution is -2.35. The van der Waals surface area contributed by atoms with Crippen molar-refractivity contribution in [2.75, 3.05) is 36.5 Å². The molecule has 1 aliphatic rings. The van der Waals surface area contributed by atoms with Crippen molar-refractivity contribution in [3.63, 3.8) is 0 Å². The van der Waals surface area contributed by atoms with Gasteiger partial charge in [-0.2, -0.15) is 4.31 Å². The number of rotatable bonds is 7. The highest BCUT2D eigenvalue weighted by Crippen LogP contribution is 2.22. The molecule has 0 atom stereocenters. The van der Waals surface area contributed by atoms with E-state index < -0.39 is 10.0 Å². The normalized spacial score (nSPS) is 15.2. The van der Waals surface area contributed by atoms with E-state index >= 15 is 0 Å². The summed E-state index contributed by atoms with van der Waals surface area (Å²) in [5, 5.41) is 5.87. The maximum atomic E-state index is 12.7. The SMILES string of the molecule is CSc1cccc(NCC(=O)Nc2ccc(S(=O)(=O)N3CCCCC3)cc2)c1. The molecule has 0 aliphatic carbocycles. The maximum Gasteiger partial charge on any atom is 0.243 e. The van der Waals surface area contributed by atoms with Crippen molar-refractivity contribution >= 4 is 39.1 Å². The Morgan fingerprint density at radius 1 is 1.04 bits per heavy atom. The number of anilines is 2. The molecule has 150 valence electrons. The van der Waals surface area contributed by atoms with E-state index in [1.807, 2.05) is 30.5 Å². The van der Waals surface area contributed by atoms with Gasteiger partial charge in [0.15, 0.2) is 0 Å². The molecule has 0 unspecified atom stereocenters. The Labute approximate surface area is 170 Å². The van der Waals surface area contributed by atoms with Crippen LogP contribution in [0.1, 0.15) is 19.3 Å². The number of amides is 1. The molecule has 1 amide bonds. The van der Waals surface area contributed by atoms with Crippen molar-refractivity contribution in [2.24, 2.45) is 0 Å². The summed E-state index contributed by atoms with van der Waals surface area (Å²) in [5.74, 6) is -0.193. The predicted molar refractivity (Wildman–Crippen MR) is 114 cm³/mol. The molecule has 1 saturated heterocycles. The predicted octanol–water partition coefficient (Wildman–Crippen LogP) is 3.63. The zero-order valence-electron chi connectivity index (χ0n) is 15.8. The molecule has 0 radical (unpaired) electrons. The number of nitrogens with zero attached hydrogens (tertiary/aromatic N) is 1. The van der Waals surface area contributed by atoms with Crippen LogP contribution in [-0.4, -0.2) is 44.5 Å². The van der Waals surface area contributed by atoms with Gasteiger partial charge in [0.2, 0.25) is 15.9 Å². The summed E-state index contributed by atoms with van der Waals surface area (Å²) in [6.45, 7) is 1.28. The Bertz CT molecular complexity index is 909. The van der Waals surface area contributed by atoms with E-state index in [1.165, 1.54) is 4.31 Å². The molecule has 6 nitrogen and oxygen atoms in total. The Morgan fingerprint density at radius 3 is 2.43 bits per heavy atom. The fraction of sp³-hybridized carbons (Fsp3) is 0.350. The largest absolute Gasteiger partial charge is 0.376 e. The third kappa shape index (κ3) is 5.27. The minimum Gasteiger partial charge on any atom is -0.376 e. The summed E-state index contributed by atoms with van der Waals surface area (Å²) in [5.41, 5.74) is 1.45. The van der Waals surface area contributed by atoms with Crippen LogP contribution in [-0.2, 0) is 14.8 Å². The minimum absolute atomic E-state index is 0.131. The molecular formula is C20H25N3O3S2. The highest BCUT2D eigenvalue weighted by atomic mass is 32.2. The first-order chi connectivity index (χ1) is 13.5. The van der Waals surface area contributed by atoms with Gasteiger partial charge < -0.3 is 10.6 Å². The smallest absolute Gasteiger partial charge is 0.243 e. The second-order valence-corrected chi connectivity index (χ2v) is 9.44. The molecule has 1 fully saturated rings. The van der Waals surface area contributed by atoms with Crippen molar-refractivity contribution in [1.29, 1.82) is 0 Å². The van der Waals surface area contributed by atoms with Gasteiger partial charge in [-0.15, -0.1) is 11.8 Å². The Balaban J connectivity index is 1.56. The molecule has 2 aromatic rings. The van der Waals surface area contributed by atoms with Crippen molar-refractivity contribution in [1.82, 2.24) is 4.31 Å². The number of thioether (sulfide) groups is 1. The van der Waals surface area contributed by atoms with E-state index in [0.717, 1.165) is 29.8 Å². The van der Waals surface area contributed by atoms with Crippen molar-refractivity contribution in [3.8, 4) is 0 Å². The number of carbonyl (C=O) groups is 1. The molecular weight excluding hydrogens is 394 g/mol. The topological polar surface area (TPSA) is 78.5 Å². The average molecular weight is 420 g/mol. The Morgan fingerprint density at radius 2 is 1.75 bits per heavy atom. The number of sulfonamides is 1. The van der Waals surface area contributed by atoms with Crippen LogP contribution in [0.4, 0.5) is 11.4 Å². The second kappa shape index (κ2) is 9.45. The van der Waals surface area contributed by atoms with Crippen molar-refractivity contribution in [2.45, 2.75) is 29.1 Å². The third-order valence-electron chi connectivity index (χ3n) is 4.61. The third-order valence-corrected chi connectivity index (χ3v) is 7.25. The number of nitrogens with one attached hydrogen (secondary N) is 2. The highest BCUT2D eigenvalue weighted by molar-refractivity contribution is 7.98. The van der Waals surface area contributed by atoms with E-state index in [9.17, 15) is 13.2 Å². The van der Waals surface area contributed by atoms with Gasteiger partial charge in [0.25, 0.3) is 0 Å². The summed E-state index contributed by atoms with van der Waals surface area (Å²) in [6, 6.07) is 14.2. The number of hydrogen-bond donors (Lipinski definition) is 2. The van der Waals surface area contributed by atoms with Crippen LogP contribution >= 0.6 is 11.8 Å². The first kappa shape index (κ1) is 20.7. The number of hydrogen-bond acceptors (Lipinski definition) is 5. The van der Waals surface area contributed by atoms with Gasteiger partial charge in [-0.25, -0.2) is 8.42 Å². The second-order valence-electron chi connectivity index (χ2n) is 6.62. The average Bonchev–Trinajstić information content (AvgIpc) is 2.73. The lowest BCUT2D eigenvalue weighted by molar-refractivity contribution is -0.114. The highest BCUT2D eigenvalue weighted by Gasteiger charge is 2.25. The molecule has 28 heavy (non-hydrogen) atoms. The van der Waals surface area contributed by atoms with Crippen LogP contribution in [0.5, 0.6) is 0 Å². The number of piperidine rings is 1. The Kier molecular flexibility index (Phi) is 6.98. The van der Waals surface area contributed by atoms with Gasteiger partial charge in [0, 0.05) is 29.4 Å². The van der Waals surface area contributed by atoms with E-state index in [-0.39, 0.29) is 17.3 Å². The minimum atomic E-state index is -3.45. The van der Waals surface area contributed by atoms with E-state index in [0.29, 0.717) is 18.8 Å². The number of carbonyl (C=O) groups excluding carboxylic acids is 1. The van der Waals surface area contributed by atoms with Gasteiger partial charge in [-0.1, -0.05) is 12.5 Å². The van der Waals surface area contributed by atoms with Gasteiger partial charge >= 0.3 is 0 Å². The molecule has 3 rings (SSSR count). The standard InChI is InChI=1S/C20H25N3O3S2/c1-27-18-7-5-6-17(14-18)21-15-20(24)22-16-8-10-19(11-9-16)28(25,26)23-12-3-2-4-13-23/h5-11,14,21H,2-4,12-13,15H2,1H3,(H,22,24). The Hall–Kier alpha value is -2.03. The first-order valence-corrected chi connectivity index (χ1v) is 11.9. The van der Waals surface area contributed by atoms with Gasteiger partial charge in [-0.05, 0) is 61.6 Å². The van der Waals surface area contributed by atoms with Crippen LogP contribution in [0.15, 0.2) is 58.3 Å². The quantitative estimate of drug-likeness (QED) is 0.670. The van der Waals surface area contributed by atoms with Gasteiger partial charge in [0.1, 0.15) is 0 Å².